The summed E-state index contributed by atoms with van der Waals surface area (Å²) < 4.78 is 5.28. The molecular formula is C13H19N3O3. The molecule has 0 aromatic carbocycles. The molecule has 104 valence electrons. The van der Waals surface area contributed by atoms with Crippen molar-refractivity contribution < 1.29 is 14.6 Å². The van der Waals surface area contributed by atoms with Gasteiger partial charge in [-0.1, -0.05) is 12.8 Å². The summed E-state index contributed by atoms with van der Waals surface area (Å²) in [5.41, 5.74) is -0.656. The Morgan fingerprint density at radius 3 is 2.84 bits per heavy atom. The molecule has 0 atom stereocenters. The molecule has 6 nitrogen and oxygen atoms in total. The number of hydrogen-bond donors (Lipinski definition) is 2. The monoisotopic (exact) mass is 265 g/mol. The van der Waals surface area contributed by atoms with Crippen LogP contribution in [0.15, 0.2) is 12.4 Å². The predicted octanol–water partition coefficient (Wildman–Crippen LogP) is 1.93. The molecule has 1 aliphatic carbocycles. The fraction of sp³-hybridized carbons (Fsp3) is 0.615. The number of carboxylic acids is 1. The first-order chi connectivity index (χ1) is 9.16. The van der Waals surface area contributed by atoms with Crippen LogP contribution in [0, 0.1) is 5.41 Å². The highest BCUT2D eigenvalue weighted by molar-refractivity contribution is 5.75. The molecule has 0 amide bonds. The molecule has 1 heterocycles. The van der Waals surface area contributed by atoms with Gasteiger partial charge < -0.3 is 15.2 Å². The molecule has 0 saturated heterocycles. The maximum Gasteiger partial charge on any atom is 0.311 e. The van der Waals surface area contributed by atoms with Crippen molar-refractivity contribution in [3.8, 4) is 5.88 Å². The van der Waals surface area contributed by atoms with Crippen LogP contribution in [-0.2, 0) is 4.79 Å². The van der Waals surface area contributed by atoms with Crippen LogP contribution >= 0.6 is 0 Å². The summed E-state index contributed by atoms with van der Waals surface area (Å²) in [6.07, 6.45) is 4.80. The second-order valence-corrected chi connectivity index (χ2v) is 4.82. The zero-order chi connectivity index (χ0) is 13.7. The molecule has 0 radical (unpaired) electrons. The molecule has 0 spiro atoms. The zero-order valence-electron chi connectivity index (χ0n) is 11.1. The van der Waals surface area contributed by atoms with Crippen LogP contribution in [0.2, 0.25) is 0 Å². The topological polar surface area (TPSA) is 84.3 Å². The number of aliphatic carboxylic acids is 1. The van der Waals surface area contributed by atoms with Crippen LogP contribution in [0.3, 0.4) is 0 Å². The Morgan fingerprint density at radius 1 is 1.47 bits per heavy atom. The van der Waals surface area contributed by atoms with E-state index in [1.54, 1.807) is 6.07 Å². The SMILES string of the molecule is CCOc1cc(NCC2(C(=O)O)CCCC2)ncn1. The number of aromatic nitrogens is 2. The highest BCUT2D eigenvalue weighted by atomic mass is 16.5. The lowest BCUT2D eigenvalue weighted by atomic mass is 9.86. The summed E-state index contributed by atoms with van der Waals surface area (Å²) in [4.78, 5) is 19.5. The maximum absolute atomic E-state index is 11.4. The number of nitrogens with zero attached hydrogens (tertiary/aromatic N) is 2. The lowest BCUT2D eigenvalue weighted by Gasteiger charge is -2.24. The van der Waals surface area contributed by atoms with Gasteiger partial charge >= 0.3 is 5.97 Å². The van der Waals surface area contributed by atoms with Gasteiger partial charge in [-0.2, -0.15) is 0 Å². The Hall–Kier alpha value is -1.85. The van der Waals surface area contributed by atoms with Crippen molar-refractivity contribution >= 4 is 11.8 Å². The maximum atomic E-state index is 11.4. The third-order valence-electron chi connectivity index (χ3n) is 3.56. The average Bonchev–Trinajstić information content (AvgIpc) is 2.87. The molecule has 0 unspecified atom stereocenters. The molecule has 2 N–H and O–H groups in total. The van der Waals surface area contributed by atoms with E-state index in [4.69, 9.17) is 4.74 Å². The van der Waals surface area contributed by atoms with Gasteiger partial charge in [0.15, 0.2) is 0 Å². The number of anilines is 1. The molecular weight excluding hydrogens is 246 g/mol. The Kier molecular flexibility index (Phi) is 4.19. The van der Waals surface area contributed by atoms with Crippen molar-refractivity contribution in [2.45, 2.75) is 32.6 Å². The lowest BCUT2D eigenvalue weighted by Crippen LogP contribution is -2.35. The number of ether oxygens (including phenoxy) is 1. The van der Waals surface area contributed by atoms with Gasteiger partial charge in [-0.3, -0.25) is 4.79 Å². The zero-order valence-corrected chi connectivity index (χ0v) is 11.1. The molecule has 1 saturated carbocycles. The average molecular weight is 265 g/mol. The van der Waals surface area contributed by atoms with Crippen molar-refractivity contribution in [2.75, 3.05) is 18.5 Å². The van der Waals surface area contributed by atoms with Gasteiger partial charge in [0.1, 0.15) is 12.1 Å². The summed E-state index contributed by atoms with van der Waals surface area (Å²) in [6.45, 7) is 2.81. The van der Waals surface area contributed by atoms with E-state index >= 15 is 0 Å². The number of carboxylic acid groups (broad SMARTS) is 1. The quantitative estimate of drug-likeness (QED) is 0.817. The fourth-order valence-corrected chi connectivity index (χ4v) is 2.44. The summed E-state index contributed by atoms with van der Waals surface area (Å²) in [7, 11) is 0. The molecule has 0 bridgehead atoms. The van der Waals surface area contributed by atoms with Gasteiger partial charge in [-0.05, 0) is 19.8 Å². The molecule has 1 aromatic rings. The van der Waals surface area contributed by atoms with E-state index in [1.807, 2.05) is 6.92 Å². The van der Waals surface area contributed by atoms with Gasteiger partial charge in [0, 0.05) is 12.6 Å². The first-order valence-corrected chi connectivity index (χ1v) is 6.58. The second kappa shape index (κ2) is 5.86. The Labute approximate surface area is 112 Å². The largest absolute Gasteiger partial charge is 0.481 e. The molecule has 1 fully saturated rings. The van der Waals surface area contributed by atoms with E-state index < -0.39 is 11.4 Å². The highest BCUT2D eigenvalue weighted by Gasteiger charge is 2.41. The summed E-state index contributed by atoms with van der Waals surface area (Å²) in [6, 6.07) is 1.69. The standard InChI is InChI=1S/C13H19N3O3/c1-2-19-11-7-10(15-9-16-11)14-8-13(12(17)18)5-3-4-6-13/h7,9H,2-6,8H2,1H3,(H,17,18)(H,14,15,16). The number of hydrogen-bond acceptors (Lipinski definition) is 5. The molecule has 19 heavy (non-hydrogen) atoms. The minimum Gasteiger partial charge on any atom is -0.481 e. The van der Waals surface area contributed by atoms with Crippen LogP contribution < -0.4 is 10.1 Å². The van der Waals surface area contributed by atoms with Crippen molar-refractivity contribution in [1.82, 2.24) is 9.97 Å². The predicted molar refractivity (Wildman–Crippen MR) is 70.2 cm³/mol. The van der Waals surface area contributed by atoms with Crippen LogP contribution in [0.25, 0.3) is 0 Å². The van der Waals surface area contributed by atoms with Gasteiger partial charge in [0.25, 0.3) is 0 Å². The number of nitrogens with one attached hydrogen (secondary N) is 1. The minimum absolute atomic E-state index is 0.394. The van der Waals surface area contributed by atoms with Crippen molar-refractivity contribution in [3.63, 3.8) is 0 Å². The second-order valence-electron chi connectivity index (χ2n) is 4.82. The lowest BCUT2D eigenvalue weighted by molar-refractivity contribution is -0.147. The van der Waals surface area contributed by atoms with Crippen molar-refractivity contribution in [2.24, 2.45) is 5.41 Å². The van der Waals surface area contributed by atoms with E-state index in [1.165, 1.54) is 6.33 Å². The normalized spacial score (nSPS) is 17.1. The summed E-state index contributed by atoms with van der Waals surface area (Å²) >= 11 is 0. The Balaban J connectivity index is 2.01. The van der Waals surface area contributed by atoms with Crippen LogP contribution in [0.4, 0.5) is 5.82 Å². The third-order valence-corrected chi connectivity index (χ3v) is 3.56. The third kappa shape index (κ3) is 3.13. The molecule has 0 aliphatic heterocycles. The van der Waals surface area contributed by atoms with Crippen molar-refractivity contribution in [3.05, 3.63) is 12.4 Å². The van der Waals surface area contributed by atoms with Crippen LogP contribution in [0.1, 0.15) is 32.6 Å². The van der Waals surface area contributed by atoms with Crippen molar-refractivity contribution in [1.29, 1.82) is 0 Å². The summed E-state index contributed by atoms with van der Waals surface area (Å²) in [5, 5.41) is 12.5. The first kappa shape index (κ1) is 13.6. The molecule has 1 aliphatic rings. The van der Waals surface area contributed by atoms with Crippen LogP contribution in [-0.4, -0.2) is 34.2 Å². The Morgan fingerprint density at radius 2 is 2.21 bits per heavy atom. The molecule has 6 heteroatoms. The van der Waals surface area contributed by atoms with Gasteiger partial charge in [0.2, 0.25) is 5.88 Å². The summed E-state index contributed by atoms with van der Waals surface area (Å²) in [5.74, 6) is 0.373. The van der Waals surface area contributed by atoms with E-state index in [0.29, 0.717) is 24.8 Å². The van der Waals surface area contributed by atoms with E-state index in [0.717, 1.165) is 25.7 Å². The van der Waals surface area contributed by atoms with Gasteiger partial charge in [-0.25, -0.2) is 9.97 Å². The van der Waals surface area contributed by atoms with Gasteiger partial charge in [0.05, 0.1) is 12.0 Å². The highest BCUT2D eigenvalue weighted by Crippen LogP contribution is 2.38. The van der Waals surface area contributed by atoms with E-state index in [2.05, 4.69) is 15.3 Å². The van der Waals surface area contributed by atoms with E-state index in [9.17, 15) is 9.90 Å². The first-order valence-electron chi connectivity index (χ1n) is 6.58. The molecule has 1 aromatic heterocycles. The Bertz CT molecular complexity index is 445. The smallest absolute Gasteiger partial charge is 0.311 e. The minimum atomic E-state index is -0.725. The van der Waals surface area contributed by atoms with E-state index in [-0.39, 0.29) is 0 Å². The number of carbonyl (C=O) groups is 1. The molecule has 2 rings (SSSR count). The van der Waals surface area contributed by atoms with Crippen LogP contribution in [0.5, 0.6) is 5.88 Å². The van der Waals surface area contributed by atoms with Gasteiger partial charge in [-0.15, -0.1) is 0 Å². The fourth-order valence-electron chi connectivity index (χ4n) is 2.44. The number of rotatable bonds is 6.